The number of esters is 1. The highest BCUT2D eigenvalue weighted by atomic mass is 32.2. The Labute approximate surface area is 96.6 Å². The van der Waals surface area contributed by atoms with Crippen LogP contribution in [0.3, 0.4) is 0 Å². The predicted octanol–water partition coefficient (Wildman–Crippen LogP) is 2.22. The van der Waals surface area contributed by atoms with Crippen molar-refractivity contribution in [2.24, 2.45) is 0 Å². The quantitative estimate of drug-likeness (QED) is 0.491. The minimum Gasteiger partial charge on any atom is -0.466 e. The van der Waals surface area contributed by atoms with Gasteiger partial charge in [-0.05, 0) is 25.5 Å². The summed E-state index contributed by atoms with van der Waals surface area (Å²) in [5.41, 5.74) is 0. The van der Waals surface area contributed by atoms with E-state index in [9.17, 15) is 4.79 Å². The van der Waals surface area contributed by atoms with Gasteiger partial charge in [0.05, 0.1) is 13.2 Å². The summed E-state index contributed by atoms with van der Waals surface area (Å²) in [6.07, 6.45) is 3.61. The van der Waals surface area contributed by atoms with E-state index in [0.717, 1.165) is 25.0 Å². The van der Waals surface area contributed by atoms with Crippen LogP contribution in [-0.2, 0) is 9.53 Å². The topological polar surface area (TPSA) is 46.5 Å². The molecular formula is C11H22O3S. The maximum atomic E-state index is 11.0. The van der Waals surface area contributed by atoms with Gasteiger partial charge in [0.2, 0.25) is 0 Å². The van der Waals surface area contributed by atoms with Gasteiger partial charge in [-0.1, -0.05) is 13.3 Å². The molecule has 0 radical (unpaired) electrons. The second-order valence-electron chi connectivity index (χ2n) is 3.48. The third-order valence-corrected chi connectivity index (χ3v) is 3.23. The molecule has 15 heavy (non-hydrogen) atoms. The highest BCUT2D eigenvalue weighted by Gasteiger charge is 2.02. The van der Waals surface area contributed by atoms with Crippen LogP contribution in [0.25, 0.3) is 0 Å². The fraction of sp³-hybridized carbons (Fsp3) is 0.909. The number of hydrogen-bond donors (Lipinski definition) is 1. The number of ether oxygens (including phenoxy) is 1. The molecule has 1 atom stereocenters. The van der Waals surface area contributed by atoms with Crippen molar-refractivity contribution >= 4 is 17.7 Å². The third-order valence-electron chi connectivity index (χ3n) is 1.99. The maximum absolute atomic E-state index is 11.0. The monoisotopic (exact) mass is 234 g/mol. The van der Waals surface area contributed by atoms with Crippen molar-refractivity contribution in [2.75, 3.05) is 19.0 Å². The number of carbonyl (C=O) groups is 1. The normalized spacial score (nSPS) is 12.5. The van der Waals surface area contributed by atoms with Crippen LogP contribution in [0.15, 0.2) is 0 Å². The first kappa shape index (κ1) is 14.8. The molecule has 0 aliphatic rings. The van der Waals surface area contributed by atoms with Gasteiger partial charge in [0.1, 0.15) is 0 Å². The lowest BCUT2D eigenvalue weighted by Crippen LogP contribution is -2.04. The van der Waals surface area contributed by atoms with Crippen LogP contribution >= 0.6 is 11.8 Å². The van der Waals surface area contributed by atoms with Gasteiger partial charge in [0.15, 0.2) is 0 Å². The van der Waals surface area contributed by atoms with E-state index in [4.69, 9.17) is 9.84 Å². The van der Waals surface area contributed by atoms with Crippen LogP contribution < -0.4 is 0 Å². The van der Waals surface area contributed by atoms with Crippen molar-refractivity contribution in [1.29, 1.82) is 0 Å². The molecule has 0 amide bonds. The van der Waals surface area contributed by atoms with Crippen LogP contribution in [-0.4, -0.2) is 35.3 Å². The number of aliphatic hydroxyl groups is 1. The van der Waals surface area contributed by atoms with Gasteiger partial charge in [-0.15, -0.1) is 0 Å². The molecule has 0 aromatic rings. The molecule has 1 N–H and O–H groups in total. The number of carbonyl (C=O) groups excluding carboxylic acids is 1. The highest BCUT2D eigenvalue weighted by Crippen LogP contribution is 2.13. The molecule has 0 heterocycles. The molecule has 0 aliphatic heterocycles. The van der Waals surface area contributed by atoms with Gasteiger partial charge in [-0.3, -0.25) is 4.79 Å². The Kier molecular flexibility index (Phi) is 10.2. The molecule has 0 aromatic heterocycles. The number of hydrogen-bond acceptors (Lipinski definition) is 4. The molecule has 90 valence electrons. The van der Waals surface area contributed by atoms with Crippen molar-refractivity contribution < 1.29 is 14.6 Å². The molecule has 4 heteroatoms. The number of unbranched alkanes of at least 4 members (excludes halogenated alkanes) is 2. The Hall–Kier alpha value is -0.220. The van der Waals surface area contributed by atoms with Gasteiger partial charge in [-0.2, -0.15) is 11.8 Å². The van der Waals surface area contributed by atoms with E-state index in [2.05, 4.69) is 0 Å². The summed E-state index contributed by atoms with van der Waals surface area (Å²) in [5, 5.41) is 9.12. The summed E-state index contributed by atoms with van der Waals surface area (Å²) >= 11 is 1.78. The van der Waals surface area contributed by atoms with Crippen LogP contribution in [0.4, 0.5) is 0 Å². The van der Waals surface area contributed by atoms with E-state index in [1.807, 2.05) is 13.8 Å². The fourth-order valence-corrected chi connectivity index (χ4v) is 2.00. The lowest BCUT2D eigenvalue weighted by molar-refractivity contribution is -0.143. The third kappa shape index (κ3) is 10.1. The van der Waals surface area contributed by atoms with Crippen molar-refractivity contribution in [3.05, 3.63) is 0 Å². The molecule has 0 aromatic carbocycles. The average molecular weight is 234 g/mol. The summed E-state index contributed by atoms with van der Waals surface area (Å²) in [5.74, 6) is 0.971. The molecule has 0 fully saturated rings. The Morgan fingerprint density at radius 3 is 2.73 bits per heavy atom. The van der Waals surface area contributed by atoms with E-state index in [1.165, 1.54) is 0 Å². The van der Waals surface area contributed by atoms with E-state index >= 15 is 0 Å². The molecular weight excluding hydrogens is 212 g/mol. The Morgan fingerprint density at radius 2 is 2.13 bits per heavy atom. The Morgan fingerprint density at radius 1 is 1.40 bits per heavy atom. The molecule has 0 saturated carbocycles. The lowest BCUT2D eigenvalue weighted by Gasteiger charge is -2.06. The zero-order chi connectivity index (χ0) is 11.5. The van der Waals surface area contributed by atoms with Crippen molar-refractivity contribution in [3.8, 4) is 0 Å². The summed E-state index contributed by atoms with van der Waals surface area (Å²) in [7, 11) is 0. The predicted molar refractivity (Wildman–Crippen MR) is 64.1 cm³/mol. The van der Waals surface area contributed by atoms with Gasteiger partial charge >= 0.3 is 5.97 Å². The Balaban J connectivity index is 3.14. The maximum Gasteiger partial charge on any atom is 0.305 e. The number of rotatable bonds is 9. The molecule has 0 rings (SSSR count). The molecule has 1 unspecified atom stereocenters. The first-order valence-corrected chi connectivity index (χ1v) is 6.63. The molecule has 3 nitrogen and oxygen atoms in total. The SMILES string of the molecule is CCOC(=O)CCCCCSC(C)CO. The van der Waals surface area contributed by atoms with E-state index < -0.39 is 0 Å². The van der Waals surface area contributed by atoms with Crippen molar-refractivity contribution in [1.82, 2.24) is 0 Å². The summed E-state index contributed by atoms with van der Waals surface area (Å²) in [6.45, 7) is 4.56. The molecule has 0 saturated heterocycles. The zero-order valence-electron chi connectivity index (χ0n) is 9.70. The van der Waals surface area contributed by atoms with E-state index in [-0.39, 0.29) is 12.6 Å². The Bertz CT molecular complexity index is 162. The number of aliphatic hydroxyl groups excluding tert-OH is 1. The van der Waals surface area contributed by atoms with Gasteiger partial charge in [-0.25, -0.2) is 0 Å². The standard InChI is InChI=1S/C11H22O3S/c1-3-14-11(13)7-5-4-6-8-15-10(2)9-12/h10,12H,3-9H2,1-2H3. The average Bonchev–Trinajstić information content (AvgIpc) is 2.23. The number of thioether (sulfide) groups is 1. The van der Waals surface area contributed by atoms with Crippen LogP contribution in [0.2, 0.25) is 0 Å². The summed E-state index contributed by atoms with van der Waals surface area (Å²) in [4.78, 5) is 11.0. The molecule has 0 aliphatic carbocycles. The lowest BCUT2D eigenvalue weighted by atomic mass is 10.2. The second kappa shape index (κ2) is 10.3. The van der Waals surface area contributed by atoms with Crippen LogP contribution in [0.1, 0.15) is 39.5 Å². The minimum atomic E-state index is -0.0890. The summed E-state index contributed by atoms with van der Waals surface area (Å²) < 4.78 is 4.83. The van der Waals surface area contributed by atoms with Crippen molar-refractivity contribution in [2.45, 2.75) is 44.8 Å². The van der Waals surface area contributed by atoms with Crippen LogP contribution in [0, 0.1) is 0 Å². The summed E-state index contributed by atoms with van der Waals surface area (Å²) in [6, 6.07) is 0. The van der Waals surface area contributed by atoms with E-state index in [0.29, 0.717) is 18.3 Å². The van der Waals surface area contributed by atoms with E-state index in [1.54, 1.807) is 11.8 Å². The van der Waals surface area contributed by atoms with Gasteiger partial charge in [0, 0.05) is 11.7 Å². The van der Waals surface area contributed by atoms with Crippen LogP contribution in [0.5, 0.6) is 0 Å². The van der Waals surface area contributed by atoms with Gasteiger partial charge < -0.3 is 9.84 Å². The smallest absolute Gasteiger partial charge is 0.305 e. The fourth-order valence-electron chi connectivity index (χ4n) is 1.12. The van der Waals surface area contributed by atoms with Gasteiger partial charge in [0.25, 0.3) is 0 Å². The second-order valence-corrected chi connectivity index (χ2v) is 5.03. The largest absolute Gasteiger partial charge is 0.466 e. The zero-order valence-corrected chi connectivity index (χ0v) is 10.5. The molecule has 0 spiro atoms. The first-order valence-electron chi connectivity index (χ1n) is 5.58. The van der Waals surface area contributed by atoms with Crippen molar-refractivity contribution in [3.63, 3.8) is 0 Å². The first-order chi connectivity index (χ1) is 7.20. The molecule has 0 bridgehead atoms. The highest BCUT2D eigenvalue weighted by molar-refractivity contribution is 7.99. The minimum absolute atomic E-state index is 0.0890.